The fraction of sp³-hybridized carbons (Fsp3) is 0.222. The molecule has 1 saturated heterocycles. The number of carbonyl (C=O) groups excluding carboxylic acids is 2. The van der Waals surface area contributed by atoms with E-state index in [1.54, 1.807) is 24.3 Å². The smallest absolute Gasteiger partial charge is 0.257 e. The third-order valence-corrected chi connectivity index (χ3v) is 5.98. The summed E-state index contributed by atoms with van der Waals surface area (Å²) in [4.78, 5) is 27.7. The molecule has 3 aromatic rings. The molecule has 0 aromatic heterocycles. The van der Waals surface area contributed by atoms with Crippen molar-refractivity contribution in [1.82, 2.24) is 10.2 Å². The molecule has 0 spiro atoms. The van der Waals surface area contributed by atoms with Crippen LogP contribution < -0.4 is 10.6 Å². The van der Waals surface area contributed by atoms with Crippen molar-refractivity contribution in [3.63, 3.8) is 0 Å². The van der Waals surface area contributed by atoms with Crippen molar-refractivity contribution in [2.24, 2.45) is 0 Å². The molecule has 0 atom stereocenters. The molecule has 1 aliphatic rings. The number of nitrogens with zero attached hydrogens (tertiary/aromatic N) is 1. The van der Waals surface area contributed by atoms with Crippen molar-refractivity contribution in [2.75, 3.05) is 18.4 Å². The number of likely N-dealkylation sites (tertiary alicyclic amines) is 1. The van der Waals surface area contributed by atoms with E-state index in [0.717, 1.165) is 49.9 Å². The molecule has 3 aromatic carbocycles. The normalized spacial score (nSPS) is 13.6. The molecule has 1 fully saturated rings. The first-order valence-electron chi connectivity index (χ1n) is 11.3. The molecule has 0 radical (unpaired) electrons. The Hall–Kier alpha value is -3.51. The van der Waals surface area contributed by atoms with Crippen LogP contribution >= 0.6 is 12.2 Å². The largest absolute Gasteiger partial charge is 0.339 e. The van der Waals surface area contributed by atoms with Crippen molar-refractivity contribution in [3.8, 4) is 11.1 Å². The van der Waals surface area contributed by atoms with Crippen molar-refractivity contribution in [2.45, 2.75) is 25.7 Å². The van der Waals surface area contributed by atoms with E-state index in [2.05, 4.69) is 10.6 Å². The van der Waals surface area contributed by atoms with Crippen LogP contribution in [0.3, 0.4) is 0 Å². The molecule has 0 unspecified atom stereocenters. The second kappa shape index (κ2) is 10.9. The zero-order valence-corrected chi connectivity index (χ0v) is 19.2. The van der Waals surface area contributed by atoms with Crippen molar-refractivity contribution in [3.05, 3.63) is 90.0 Å². The minimum absolute atomic E-state index is 0.00868. The van der Waals surface area contributed by atoms with Gasteiger partial charge in [-0.15, -0.1) is 0 Å². The summed E-state index contributed by atoms with van der Waals surface area (Å²) >= 11 is 5.37. The lowest BCUT2D eigenvalue weighted by Crippen LogP contribution is -2.36. The quantitative estimate of drug-likeness (QED) is 0.508. The van der Waals surface area contributed by atoms with Crippen LogP contribution in [0, 0.1) is 0 Å². The predicted octanol–water partition coefficient (Wildman–Crippen LogP) is 5.50. The zero-order valence-electron chi connectivity index (χ0n) is 18.4. The Morgan fingerprint density at radius 2 is 1.33 bits per heavy atom. The maximum absolute atomic E-state index is 13.1. The minimum atomic E-state index is -0.302. The average molecular weight is 458 g/mol. The van der Waals surface area contributed by atoms with Gasteiger partial charge < -0.3 is 10.2 Å². The van der Waals surface area contributed by atoms with Crippen LogP contribution in [0.15, 0.2) is 78.9 Å². The molecule has 1 heterocycles. The monoisotopic (exact) mass is 457 g/mol. The van der Waals surface area contributed by atoms with E-state index in [1.165, 1.54) is 0 Å². The second-order valence-corrected chi connectivity index (χ2v) is 8.51. The Labute approximate surface area is 199 Å². The lowest BCUT2D eigenvalue weighted by molar-refractivity contribution is 0.0762. The van der Waals surface area contributed by atoms with Gasteiger partial charge in [0.2, 0.25) is 0 Å². The SMILES string of the molecule is O=C(NC(=S)Nc1ccccc1C(=O)N1CCCCCC1)c1ccc(-c2ccccc2)cc1. The number of thiocarbonyl (C=S) groups is 1. The molecule has 2 amide bonds. The van der Waals surface area contributed by atoms with Gasteiger partial charge in [-0.05, 0) is 60.5 Å². The topological polar surface area (TPSA) is 61.4 Å². The maximum Gasteiger partial charge on any atom is 0.257 e. The summed E-state index contributed by atoms with van der Waals surface area (Å²) in [6.45, 7) is 1.54. The Morgan fingerprint density at radius 1 is 0.727 bits per heavy atom. The highest BCUT2D eigenvalue weighted by Gasteiger charge is 2.20. The zero-order chi connectivity index (χ0) is 23.0. The highest BCUT2D eigenvalue weighted by molar-refractivity contribution is 7.80. The summed E-state index contributed by atoms with van der Waals surface area (Å²) in [7, 11) is 0. The number of hydrogen-bond acceptors (Lipinski definition) is 3. The van der Waals surface area contributed by atoms with E-state index < -0.39 is 0 Å². The van der Waals surface area contributed by atoms with E-state index in [9.17, 15) is 9.59 Å². The first-order chi connectivity index (χ1) is 16.1. The van der Waals surface area contributed by atoms with Gasteiger partial charge >= 0.3 is 0 Å². The molecule has 168 valence electrons. The molecular weight excluding hydrogens is 430 g/mol. The number of rotatable bonds is 4. The van der Waals surface area contributed by atoms with Crippen LogP contribution in [0.2, 0.25) is 0 Å². The van der Waals surface area contributed by atoms with Crippen LogP contribution in [-0.2, 0) is 0 Å². The van der Waals surface area contributed by atoms with Crippen LogP contribution in [-0.4, -0.2) is 34.9 Å². The summed E-state index contributed by atoms with van der Waals surface area (Å²) in [6.07, 6.45) is 4.37. The lowest BCUT2D eigenvalue weighted by atomic mass is 10.0. The molecule has 0 bridgehead atoms. The van der Waals surface area contributed by atoms with Crippen LogP contribution in [0.1, 0.15) is 46.4 Å². The predicted molar refractivity (Wildman–Crippen MR) is 136 cm³/mol. The van der Waals surface area contributed by atoms with Crippen LogP contribution in [0.25, 0.3) is 11.1 Å². The van der Waals surface area contributed by atoms with Gasteiger partial charge in [-0.1, -0.05) is 67.4 Å². The summed E-state index contributed by atoms with van der Waals surface area (Å²) in [5.41, 5.74) is 3.79. The number of carbonyl (C=O) groups is 2. The Balaban J connectivity index is 1.41. The Morgan fingerprint density at radius 3 is 2.03 bits per heavy atom. The molecule has 4 rings (SSSR count). The molecule has 5 nitrogen and oxygen atoms in total. The second-order valence-electron chi connectivity index (χ2n) is 8.10. The third-order valence-electron chi connectivity index (χ3n) is 5.78. The average Bonchev–Trinajstić information content (AvgIpc) is 3.14. The van der Waals surface area contributed by atoms with Crippen molar-refractivity contribution < 1.29 is 9.59 Å². The highest BCUT2D eigenvalue weighted by Crippen LogP contribution is 2.21. The van der Waals surface area contributed by atoms with Gasteiger partial charge in [0.25, 0.3) is 11.8 Å². The number of amides is 2. The molecule has 1 aliphatic heterocycles. The summed E-state index contributed by atoms with van der Waals surface area (Å²) < 4.78 is 0. The number of hydrogen-bond donors (Lipinski definition) is 2. The maximum atomic E-state index is 13.1. The summed E-state index contributed by atoms with van der Waals surface area (Å²) in [6, 6.07) is 24.6. The third kappa shape index (κ3) is 5.84. The van der Waals surface area contributed by atoms with Crippen LogP contribution in [0.5, 0.6) is 0 Å². The molecule has 0 aliphatic carbocycles. The van der Waals surface area contributed by atoms with E-state index in [0.29, 0.717) is 16.8 Å². The molecule has 2 N–H and O–H groups in total. The van der Waals surface area contributed by atoms with Crippen LogP contribution in [0.4, 0.5) is 5.69 Å². The number of nitrogens with one attached hydrogen (secondary N) is 2. The van der Waals surface area contributed by atoms with Gasteiger partial charge in [-0.25, -0.2) is 0 Å². The van der Waals surface area contributed by atoms with E-state index in [4.69, 9.17) is 12.2 Å². The van der Waals surface area contributed by atoms with Gasteiger partial charge in [0.05, 0.1) is 11.3 Å². The fourth-order valence-corrected chi connectivity index (χ4v) is 4.20. The lowest BCUT2D eigenvalue weighted by Gasteiger charge is -2.22. The minimum Gasteiger partial charge on any atom is -0.339 e. The Kier molecular flexibility index (Phi) is 7.47. The number of para-hydroxylation sites is 1. The summed E-state index contributed by atoms with van der Waals surface area (Å²) in [5.74, 6) is -0.311. The van der Waals surface area contributed by atoms with Gasteiger partial charge in [0.1, 0.15) is 0 Å². The van der Waals surface area contributed by atoms with E-state index in [-0.39, 0.29) is 16.9 Å². The molecule has 6 heteroatoms. The number of benzene rings is 3. The van der Waals surface area contributed by atoms with Gasteiger partial charge in [0.15, 0.2) is 5.11 Å². The standard InChI is InChI=1S/C27H27N3O2S/c31-25(22-16-14-21(15-17-22)20-10-4-3-5-11-20)29-27(33)28-24-13-7-6-12-23(24)26(32)30-18-8-1-2-9-19-30/h3-7,10-17H,1-2,8-9,18-19H2,(H2,28,29,31,33). The highest BCUT2D eigenvalue weighted by atomic mass is 32.1. The molecular formula is C27H27N3O2S. The molecule has 0 saturated carbocycles. The van der Waals surface area contributed by atoms with Crippen molar-refractivity contribution in [1.29, 1.82) is 0 Å². The number of anilines is 1. The molecule has 33 heavy (non-hydrogen) atoms. The fourth-order valence-electron chi connectivity index (χ4n) is 4.00. The van der Waals surface area contributed by atoms with Gasteiger partial charge in [-0.3, -0.25) is 14.9 Å². The van der Waals surface area contributed by atoms with Gasteiger partial charge in [-0.2, -0.15) is 0 Å². The van der Waals surface area contributed by atoms with Crippen molar-refractivity contribution >= 4 is 34.8 Å². The first-order valence-corrected chi connectivity index (χ1v) is 11.7. The summed E-state index contributed by atoms with van der Waals surface area (Å²) in [5, 5.41) is 5.91. The van der Waals surface area contributed by atoms with Gasteiger partial charge in [0, 0.05) is 18.7 Å². The van der Waals surface area contributed by atoms with E-state index in [1.807, 2.05) is 59.5 Å². The first kappa shape index (κ1) is 22.7. The van der Waals surface area contributed by atoms with E-state index >= 15 is 0 Å². The Bertz CT molecular complexity index is 1120.